The van der Waals surface area contributed by atoms with Crippen molar-refractivity contribution in [2.45, 2.75) is 90.4 Å². The number of unbranched alkanes of at least 4 members (excludes halogenated alkanes) is 12. The Morgan fingerprint density at radius 2 is 0.931 bits per heavy atom. The topological polar surface area (TPSA) is 0 Å². The zero-order chi connectivity index (χ0) is 19.7. The molecule has 154 valence electrons. The predicted molar refractivity (Wildman–Crippen MR) is 133 cm³/mol. The normalized spacial score (nSPS) is 10.4. The minimum atomic E-state index is 0. The maximum absolute atomic E-state index is 2.45. The van der Waals surface area contributed by atoms with Gasteiger partial charge in [-0.1, -0.05) is 144 Å². The Hall–Kier alpha value is -0.820. The average molecular weight is 401 g/mol. The molecule has 1 heteroatoms. The van der Waals surface area contributed by atoms with Gasteiger partial charge in [-0.3, -0.25) is 0 Å². The molecule has 2 aromatic rings. The minimum absolute atomic E-state index is 0. The van der Waals surface area contributed by atoms with Gasteiger partial charge in [0.2, 0.25) is 0 Å². The molecule has 0 unspecified atom stereocenters. The van der Waals surface area contributed by atoms with Crippen LogP contribution in [-0.2, 0) is 0 Å². The third-order valence-electron chi connectivity index (χ3n) is 5.58. The van der Waals surface area contributed by atoms with E-state index in [0.29, 0.717) is 0 Å². The number of allylic oxidation sites excluding steroid dienone is 1. The molecule has 0 N–H and O–H groups in total. The fraction of sp³-hybridized carbons (Fsp3) is 0.500. The van der Waals surface area contributed by atoms with Crippen molar-refractivity contribution in [2.75, 3.05) is 0 Å². The molecule has 0 radical (unpaired) electrons. The number of hydrogen-bond acceptors (Lipinski definition) is 0. The van der Waals surface area contributed by atoms with Crippen molar-refractivity contribution in [3.63, 3.8) is 0 Å². The van der Waals surface area contributed by atoms with E-state index in [1.165, 1.54) is 100 Å². The monoisotopic (exact) mass is 400 g/mol. The number of benzene rings is 2. The van der Waals surface area contributed by atoms with E-state index in [1.54, 1.807) is 0 Å². The van der Waals surface area contributed by atoms with Crippen LogP contribution in [0, 0.1) is 0 Å². The molecule has 2 rings (SSSR count). The molecule has 0 aromatic heterocycles. The Morgan fingerprint density at radius 3 is 1.34 bits per heavy atom. The second-order valence-electron chi connectivity index (χ2n) is 8.03. The van der Waals surface area contributed by atoms with Crippen molar-refractivity contribution >= 4 is 35.1 Å². The van der Waals surface area contributed by atoms with Crippen molar-refractivity contribution in [3.8, 4) is 0 Å². The van der Waals surface area contributed by atoms with Gasteiger partial charge in [-0.25, -0.2) is 0 Å². The van der Waals surface area contributed by atoms with Gasteiger partial charge in [-0.15, -0.1) is 0 Å². The summed E-state index contributed by atoms with van der Waals surface area (Å²) in [5.74, 6) is 0. The summed E-state index contributed by atoms with van der Waals surface area (Å²) >= 11 is 0. The average Bonchev–Trinajstić information content (AvgIpc) is 2.75. The Kier molecular flexibility index (Phi) is 16.3. The quantitative estimate of drug-likeness (QED) is 0.207. The van der Waals surface area contributed by atoms with Gasteiger partial charge in [0.15, 0.2) is 0 Å². The fourth-order valence-corrected chi connectivity index (χ4v) is 3.87. The predicted octanol–water partition coefficient (Wildman–Crippen LogP) is 8.56. The summed E-state index contributed by atoms with van der Waals surface area (Å²) in [4.78, 5) is 0. The molecule has 0 fully saturated rings. The van der Waals surface area contributed by atoms with Crippen LogP contribution in [0.15, 0.2) is 66.7 Å². The van der Waals surface area contributed by atoms with Crippen LogP contribution in [0.3, 0.4) is 0 Å². The van der Waals surface area contributed by atoms with Gasteiger partial charge in [-0.2, -0.15) is 0 Å². The van der Waals surface area contributed by atoms with E-state index in [9.17, 15) is 0 Å². The Balaban J connectivity index is 0.00000420. The maximum atomic E-state index is 2.45. The molecule has 2 aromatic carbocycles. The van der Waals surface area contributed by atoms with Gasteiger partial charge in [0, 0.05) is 0 Å². The van der Waals surface area contributed by atoms with Crippen LogP contribution < -0.4 is 0 Å². The number of rotatable bonds is 15. The van der Waals surface area contributed by atoms with E-state index in [0.717, 1.165) is 0 Å². The van der Waals surface area contributed by atoms with Crippen LogP contribution in [0.2, 0.25) is 0 Å². The summed E-state index contributed by atoms with van der Waals surface area (Å²) in [6.07, 6.45) is 20.6. The van der Waals surface area contributed by atoms with Crippen molar-refractivity contribution in [1.29, 1.82) is 0 Å². The first kappa shape index (κ1) is 26.2. The van der Waals surface area contributed by atoms with E-state index in [-0.39, 0.29) is 29.6 Å². The fourth-order valence-electron chi connectivity index (χ4n) is 3.87. The van der Waals surface area contributed by atoms with Crippen LogP contribution in [0.1, 0.15) is 102 Å². The van der Waals surface area contributed by atoms with Crippen LogP contribution in [0.4, 0.5) is 0 Å². The first-order chi connectivity index (χ1) is 13.9. The standard InChI is InChI=1S/C28H40.Na.H/c1-2-3-4-5-6-7-8-9-10-11-12-13-20-25-28(26-21-16-14-17-22-26)27-23-18-15-19-24-27;;/h14-19,21-25H,2-13,20H2,1H3;;. The van der Waals surface area contributed by atoms with E-state index in [1.807, 2.05) is 0 Å². The first-order valence-electron chi connectivity index (χ1n) is 11.7. The van der Waals surface area contributed by atoms with Crippen molar-refractivity contribution in [3.05, 3.63) is 77.9 Å². The Labute approximate surface area is 202 Å². The van der Waals surface area contributed by atoms with Crippen molar-refractivity contribution < 1.29 is 0 Å². The summed E-state index contributed by atoms with van der Waals surface area (Å²) in [6.45, 7) is 2.29. The van der Waals surface area contributed by atoms with Crippen molar-refractivity contribution in [2.24, 2.45) is 0 Å². The third-order valence-corrected chi connectivity index (χ3v) is 5.58. The molecule has 0 saturated heterocycles. The second-order valence-corrected chi connectivity index (χ2v) is 8.03. The van der Waals surface area contributed by atoms with Crippen LogP contribution in [-0.4, -0.2) is 29.6 Å². The van der Waals surface area contributed by atoms with E-state index >= 15 is 0 Å². The van der Waals surface area contributed by atoms with Gasteiger partial charge in [-0.05, 0) is 29.5 Å². The molecule has 29 heavy (non-hydrogen) atoms. The van der Waals surface area contributed by atoms with Crippen LogP contribution in [0.5, 0.6) is 0 Å². The first-order valence-corrected chi connectivity index (χ1v) is 11.7. The molecular formula is C28H41Na. The van der Waals surface area contributed by atoms with Gasteiger partial charge in [0.1, 0.15) is 0 Å². The molecule has 0 bridgehead atoms. The molecule has 0 aliphatic carbocycles. The van der Waals surface area contributed by atoms with E-state index < -0.39 is 0 Å². The Morgan fingerprint density at radius 1 is 0.552 bits per heavy atom. The molecule has 0 atom stereocenters. The summed E-state index contributed by atoms with van der Waals surface area (Å²) in [5, 5.41) is 0. The molecule has 0 nitrogen and oxygen atoms in total. The summed E-state index contributed by atoms with van der Waals surface area (Å²) in [5.41, 5.74) is 4.03. The molecule has 0 amide bonds. The molecule has 0 heterocycles. The molecule has 0 spiro atoms. The number of hydrogen-bond donors (Lipinski definition) is 0. The zero-order valence-corrected chi connectivity index (χ0v) is 18.0. The third kappa shape index (κ3) is 11.8. The van der Waals surface area contributed by atoms with Crippen LogP contribution in [0.25, 0.3) is 5.57 Å². The summed E-state index contributed by atoms with van der Waals surface area (Å²) in [7, 11) is 0. The molecule has 0 saturated carbocycles. The van der Waals surface area contributed by atoms with E-state index in [2.05, 4.69) is 73.7 Å². The van der Waals surface area contributed by atoms with Gasteiger partial charge in [0.25, 0.3) is 0 Å². The molecule has 0 aliphatic heterocycles. The SMILES string of the molecule is CCCCCCCCCCCCCCC=C(c1ccccc1)c1ccccc1.[NaH]. The van der Waals surface area contributed by atoms with E-state index in [4.69, 9.17) is 0 Å². The van der Waals surface area contributed by atoms with Gasteiger partial charge < -0.3 is 0 Å². The summed E-state index contributed by atoms with van der Waals surface area (Å²) < 4.78 is 0. The van der Waals surface area contributed by atoms with Crippen molar-refractivity contribution in [1.82, 2.24) is 0 Å². The zero-order valence-electron chi connectivity index (χ0n) is 18.0. The van der Waals surface area contributed by atoms with Gasteiger partial charge in [0.05, 0.1) is 0 Å². The molecular weight excluding hydrogens is 359 g/mol. The molecule has 0 aliphatic rings. The summed E-state index contributed by atoms with van der Waals surface area (Å²) in [6, 6.07) is 21.6. The van der Waals surface area contributed by atoms with Gasteiger partial charge >= 0.3 is 29.6 Å². The Bertz CT molecular complexity index is 588. The van der Waals surface area contributed by atoms with Crippen LogP contribution >= 0.6 is 0 Å². The second kappa shape index (κ2) is 18.0.